The molecule has 0 saturated carbocycles. The largest absolute Gasteiger partial charge is 0.339 e. The molecule has 5 heteroatoms. The molecule has 0 amide bonds. The van der Waals surface area contributed by atoms with Crippen LogP contribution < -0.4 is 5.32 Å². The molecular formula is C12H7ClFN3. The first-order valence-electron chi connectivity index (χ1n) is 4.77. The van der Waals surface area contributed by atoms with Crippen LogP contribution in [0.2, 0.25) is 5.02 Å². The number of nitriles is 1. The van der Waals surface area contributed by atoms with E-state index in [9.17, 15) is 4.39 Å². The molecule has 84 valence electrons. The number of halogens is 2. The Morgan fingerprint density at radius 3 is 2.82 bits per heavy atom. The van der Waals surface area contributed by atoms with Crippen LogP contribution in [0.25, 0.3) is 0 Å². The van der Waals surface area contributed by atoms with E-state index in [1.165, 1.54) is 24.4 Å². The summed E-state index contributed by atoms with van der Waals surface area (Å²) in [4.78, 5) is 4.03. The molecule has 2 aromatic rings. The number of nitrogens with zero attached hydrogens (tertiary/aromatic N) is 2. The Morgan fingerprint density at radius 1 is 1.29 bits per heavy atom. The van der Waals surface area contributed by atoms with E-state index in [1.54, 1.807) is 12.1 Å². The van der Waals surface area contributed by atoms with Gasteiger partial charge in [0, 0.05) is 6.20 Å². The fourth-order valence-electron chi connectivity index (χ4n) is 1.30. The maximum Gasteiger partial charge on any atom is 0.131 e. The molecule has 0 aliphatic heterocycles. The highest BCUT2D eigenvalue weighted by molar-refractivity contribution is 6.33. The molecule has 1 aromatic carbocycles. The van der Waals surface area contributed by atoms with E-state index in [1.807, 2.05) is 6.07 Å². The minimum Gasteiger partial charge on any atom is -0.339 e. The molecule has 0 fully saturated rings. The second-order valence-corrected chi connectivity index (χ2v) is 3.70. The molecule has 0 radical (unpaired) electrons. The zero-order valence-electron chi connectivity index (χ0n) is 8.61. The molecule has 0 spiro atoms. The van der Waals surface area contributed by atoms with Crippen molar-refractivity contribution < 1.29 is 4.39 Å². The van der Waals surface area contributed by atoms with E-state index in [0.717, 1.165) is 0 Å². The summed E-state index contributed by atoms with van der Waals surface area (Å²) in [6, 6.07) is 9.19. The van der Waals surface area contributed by atoms with E-state index < -0.39 is 5.82 Å². The fraction of sp³-hybridized carbons (Fsp3) is 0. The first kappa shape index (κ1) is 11.4. The number of nitrogens with one attached hydrogen (secondary N) is 1. The first-order valence-corrected chi connectivity index (χ1v) is 5.15. The van der Waals surface area contributed by atoms with Gasteiger partial charge in [-0.1, -0.05) is 11.6 Å². The summed E-state index contributed by atoms with van der Waals surface area (Å²) in [5.41, 5.74) is 1.02. The summed E-state index contributed by atoms with van der Waals surface area (Å²) in [6.07, 6.45) is 1.51. The van der Waals surface area contributed by atoms with Crippen molar-refractivity contribution in [3.8, 4) is 6.07 Å². The van der Waals surface area contributed by atoms with Gasteiger partial charge >= 0.3 is 0 Å². The van der Waals surface area contributed by atoms with Gasteiger partial charge < -0.3 is 5.32 Å². The highest BCUT2D eigenvalue weighted by Gasteiger charge is 2.03. The third kappa shape index (κ3) is 2.71. The number of benzene rings is 1. The number of anilines is 2. The Morgan fingerprint density at radius 2 is 2.12 bits per heavy atom. The molecule has 1 aromatic heterocycles. The van der Waals surface area contributed by atoms with Crippen molar-refractivity contribution in [2.75, 3.05) is 5.32 Å². The van der Waals surface area contributed by atoms with Crippen LogP contribution in [0.3, 0.4) is 0 Å². The number of hydrogen-bond acceptors (Lipinski definition) is 3. The van der Waals surface area contributed by atoms with Crippen LogP contribution in [0, 0.1) is 17.1 Å². The number of rotatable bonds is 2. The standard InChI is InChI=1S/C12H7ClFN3/c13-10-6-9(14)1-2-11(10)17-12-5-8(7-15)3-4-16-12/h1-6H,(H,16,17). The smallest absolute Gasteiger partial charge is 0.131 e. The molecule has 0 bridgehead atoms. The summed E-state index contributed by atoms with van der Waals surface area (Å²) >= 11 is 5.86. The van der Waals surface area contributed by atoms with Gasteiger partial charge in [-0.2, -0.15) is 5.26 Å². The molecule has 0 aliphatic rings. The third-order valence-corrected chi connectivity index (χ3v) is 2.40. The van der Waals surface area contributed by atoms with E-state index in [0.29, 0.717) is 17.1 Å². The summed E-state index contributed by atoms with van der Waals surface area (Å²) in [7, 11) is 0. The maximum absolute atomic E-state index is 12.8. The zero-order valence-corrected chi connectivity index (χ0v) is 9.37. The fourth-order valence-corrected chi connectivity index (χ4v) is 1.51. The van der Waals surface area contributed by atoms with Crippen molar-refractivity contribution in [1.82, 2.24) is 4.98 Å². The van der Waals surface area contributed by atoms with Crippen molar-refractivity contribution in [1.29, 1.82) is 5.26 Å². The van der Waals surface area contributed by atoms with Gasteiger partial charge in [-0.15, -0.1) is 0 Å². The topological polar surface area (TPSA) is 48.7 Å². The van der Waals surface area contributed by atoms with Gasteiger partial charge in [0.25, 0.3) is 0 Å². The second kappa shape index (κ2) is 4.81. The van der Waals surface area contributed by atoms with Crippen LogP contribution in [0.15, 0.2) is 36.5 Å². The average molecular weight is 248 g/mol. The Hall–Kier alpha value is -2.12. The predicted octanol–water partition coefficient (Wildman–Crippen LogP) is 3.49. The van der Waals surface area contributed by atoms with Crippen LogP contribution in [-0.4, -0.2) is 4.98 Å². The molecule has 3 nitrogen and oxygen atoms in total. The van der Waals surface area contributed by atoms with E-state index in [2.05, 4.69) is 10.3 Å². The van der Waals surface area contributed by atoms with Crippen molar-refractivity contribution in [3.05, 3.63) is 52.9 Å². The van der Waals surface area contributed by atoms with Gasteiger partial charge in [-0.25, -0.2) is 9.37 Å². The predicted molar refractivity (Wildman–Crippen MR) is 63.6 cm³/mol. The lowest BCUT2D eigenvalue weighted by Crippen LogP contribution is -1.94. The Labute approximate surface area is 102 Å². The van der Waals surface area contributed by atoms with Gasteiger partial charge in [0.05, 0.1) is 22.3 Å². The van der Waals surface area contributed by atoms with Crippen molar-refractivity contribution in [2.45, 2.75) is 0 Å². The number of pyridine rings is 1. The second-order valence-electron chi connectivity index (χ2n) is 3.29. The van der Waals surface area contributed by atoms with Crippen molar-refractivity contribution >= 4 is 23.1 Å². The van der Waals surface area contributed by atoms with E-state index in [4.69, 9.17) is 16.9 Å². The van der Waals surface area contributed by atoms with Crippen LogP contribution in [0.1, 0.15) is 5.56 Å². The Balaban J connectivity index is 2.28. The van der Waals surface area contributed by atoms with Gasteiger partial charge in [0.15, 0.2) is 0 Å². The third-order valence-electron chi connectivity index (χ3n) is 2.08. The number of hydrogen-bond donors (Lipinski definition) is 1. The minimum atomic E-state index is -0.403. The first-order chi connectivity index (χ1) is 8.19. The number of aromatic nitrogens is 1. The normalized spacial score (nSPS) is 9.71. The molecule has 1 heterocycles. The maximum atomic E-state index is 12.8. The molecule has 17 heavy (non-hydrogen) atoms. The lowest BCUT2D eigenvalue weighted by Gasteiger charge is -2.07. The molecule has 0 atom stereocenters. The van der Waals surface area contributed by atoms with Crippen LogP contribution >= 0.6 is 11.6 Å². The lowest BCUT2D eigenvalue weighted by molar-refractivity contribution is 0.628. The summed E-state index contributed by atoms with van der Waals surface area (Å²) in [6.45, 7) is 0. The van der Waals surface area contributed by atoms with Crippen LogP contribution in [0.5, 0.6) is 0 Å². The van der Waals surface area contributed by atoms with Gasteiger partial charge in [0.1, 0.15) is 11.6 Å². The summed E-state index contributed by atoms with van der Waals surface area (Å²) < 4.78 is 12.8. The minimum absolute atomic E-state index is 0.258. The quantitative estimate of drug-likeness (QED) is 0.884. The summed E-state index contributed by atoms with van der Waals surface area (Å²) in [5, 5.41) is 11.9. The molecule has 0 saturated heterocycles. The van der Waals surface area contributed by atoms with Crippen molar-refractivity contribution in [2.24, 2.45) is 0 Å². The average Bonchev–Trinajstić information content (AvgIpc) is 2.33. The highest BCUT2D eigenvalue weighted by atomic mass is 35.5. The highest BCUT2D eigenvalue weighted by Crippen LogP contribution is 2.25. The Kier molecular flexibility index (Phi) is 3.22. The Bertz CT molecular complexity index is 593. The molecule has 0 aliphatic carbocycles. The van der Waals surface area contributed by atoms with Crippen LogP contribution in [0.4, 0.5) is 15.9 Å². The van der Waals surface area contributed by atoms with Crippen LogP contribution in [-0.2, 0) is 0 Å². The van der Waals surface area contributed by atoms with E-state index in [-0.39, 0.29) is 5.02 Å². The lowest BCUT2D eigenvalue weighted by atomic mass is 10.2. The summed E-state index contributed by atoms with van der Waals surface area (Å²) in [5.74, 6) is 0.0804. The molecule has 0 unspecified atom stereocenters. The van der Waals surface area contributed by atoms with Gasteiger partial charge in [-0.05, 0) is 30.3 Å². The SMILES string of the molecule is N#Cc1ccnc(Nc2ccc(F)cc2Cl)c1. The van der Waals surface area contributed by atoms with Gasteiger partial charge in [0.2, 0.25) is 0 Å². The monoisotopic (exact) mass is 247 g/mol. The zero-order chi connectivity index (χ0) is 12.3. The molecule has 2 rings (SSSR count). The van der Waals surface area contributed by atoms with Gasteiger partial charge in [-0.3, -0.25) is 0 Å². The van der Waals surface area contributed by atoms with E-state index >= 15 is 0 Å². The molecular weight excluding hydrogens is 241 g/mol. The van der Waals surface area contributed by atoms with Crippen molar-refractivity contribution in [3.63, 3.8) is 0 Å². The molecule has 1 N–H and O–H groups in total.